The maximum atomic E-state index is 5.37. The summed E-state index contributed by atoms with van der Waals surface area (Å²) in [6.07, 6.45) is 4.98. The summed E-state index contributed by atoms with van der Waals surface area (Å²) in [6, 6.07) is 0. The lowest BCUT2D eigenvalue weighted by molar-refractivity contribution is 0.129. The van der Waals surface area contributed by atoms with E-state index >= 15 is 0 Å². The van der Waals surface area contributed by atoms with E-state index in [1.54, 1.807) is 0 Å². The molecule has 0 aromatic rings. The molecule has 0 amide bonds. The summed E-state index contributed by atoms with van der Waals surface area (Å²) in [5, 5.41) is 0. The van der Waals surface area contributed by atoms with Crippen LogP contribution in [0.3, 0.4) is 0 Å². The first-order chi connectivity index (χ1) is 4.91. The number of alkyl halides is 1. The second-order valence-electron chi connectivity index (χ2n) is 2.36. The van der Waals surface area contributed by atoms with Crippen LogP contribution in [0.15, 0.2) is 0 Å². The molecule has 0 rings (SSSR count). The first-order valence-corrected chi connectivity index (χ1v) is 5.58. The predicted octanol–water partition coefficient (Wildman–Crippen LogP) is 3.02. The molecular weight excluding hydrogens is 239 g/mol. The van der Waals surface area contributed by atoms with Crippen molar-refractivity contribution in [3.63, 3.8) is 0 Å². The minimum absolute atomic E-state index is 0.956. The van der Waals surface area contributed by atoms with Crippen LogP contribution in [0.25, 0.3) is 0 Å². The van der Waals surface area contributed by atoms with Gasteiger partial charge in [-0.2, -0.15) is 0 Å². The number of hydrogen-bond donors (Lipinski definition) is 0. The van der Waals surface area contributed by atoms with E-state index < -0.39 is 0 Å². The van der Waals surface area contributed by atoms with Gasteiger partial charge in [0.2, 0.25) is 0 Å². The third-order valence-electron chi connectivity index (χ3n) is 1.31. The lowest BCUT2D eigenvalue weighted by Gasteiger charge is -2.00. The maximum absolute atomic E-state index is 5.37. The van der Waals surface area contributed by atoms with Crippen LogP contribution >= 0.6 is 22.6 Å². The van der Waals surface area contributed by atoms with Gasteiger partial charge < -0.3 is 4.74 Å². The molecule has 0 aliphatic carbocycles. The van der Waals surface area contributed by atoms with Gasteiger partial charge in [0.15, 0.2) is 0 Å². The normalized spacial score (nSPS) is 10.2. The summed E-state index contributed by atoms with van der Waals surface area (Å²) >= 11 is 2.40. The third-order valence-corrected chi connectivity index (χ3v) is 2.08. The molecule has 0 atom stereocenters. The Hall–Kier alpha value is 0.690. The fourth-order valence-corrected chi connectivity index (χ4v) is 1.19. The molecule has 0 fully saturated rings. The van der Waals surface area contributed by atoms with Crippen molar-refractivity contribution < 1.29 is 4.74 Å². The first-order valence-electron chi connectivity index (χ1n) is 4.05. The summed E-state index contributed by atoms with van der Waals surface area (Å²) in [5.41, 5.74) is 0. The van der Waals surface area contributed by atoms with Gasteiger partial charge in [0, 0.05) is 13.2 Å². The Morgan fingerprint density at radius 2 is 1.80 bits per heavy atom. The molecule has 0 aliphatic heterocycles. The molecule has 0 bridgehead atoms. The average molecular weight is 256 g/mol. The van der Waals surface area contributed by atoms with E-state index in [2.05, 4.69) is 29.5 Å². The van der Waals surface area contributed by atoms with Gasteiger partial charge in [-0.3, -0.25) is 0 Å². The summed E-state index contributed by atoms with van der Waals surface area (Å²) in [4.78, 5) is 0. The van der Waals surface area contributed by atoms with Crippen LogP contribution < -0.4 is 0 Å². The van der Waals surface area contributed by atoms with Crippen LogP contribution in [0.1, 0.15) is 32.6 Å². The smallest absolute Gasteiger partial charge is 0.0466 e. The second kappa shape index (κ2) is 9.69. The first kappa shape index (κ1) is 10.7. The molecule has 0 N–H and O–H groups in total. The van der Waals surface area contributed by atoms with Crippen LogP contribution in [0.4, 0.5) is 0 Å². The monoisotopic (exact) mass is 256 g/mol. The Morgan fingerprint density at radius 3 is 2.40 bits per heavy atom. The number of hydrogen-bond acceptors (Lipinski definition) is 1. The standard InChI is InChI=1S/C8H17IO/c1-2-3-7-10-8-5-4-6-9/h2-8H2,1H3. The molecule has 0 saturated carbocycles. The largest absolute Gasteiger partial charge is 0.381 e. The van der Waals surface area contributed by atoms with Crippen molar-refractivity contribution >= 4 is 22.6 Å². The van der Waals surface area contributed by atoms with Crippen molar-refractivity contribution in [3.8, 4) is 0 Å². The van der Waals surface area contributed by atoms with Gasteiger partial charge in [-0.25, -0.2) is 0 Å². The highest BCUT2D eigenvalue weighted by atomic mass is 127. The van der Waals surface area contributed by atoms with Crippen molar-refractivity contribution in [3.05, 3.63) is 0 Å². The van der Waals surface area contributed by atoms with E-state index in [-0.39, 0.29) is 0 Å². The Labute approximate surface area is 77.7 Å². The molecule has 1 nitrogen and oxygen atoms in total. The van der Waals surface area contributed by atoms with Crippen molar-refractivity contribution in [1.82, 2.24) is 0 Å². The summed E-state index contributed by atoms with van der Waals surface area (Å²) in [7, 11) is 0. The predicted molar refractivity (Wildman–Crippen MR) is 53.8 cm³/mol. The SMILES string of the molecule is CCCCOCCCCI. The van der Waals surface area contributed by atoms with E-state index in [0.29, 0.717) is 0 Å². The van der Waals surface area contributed by atoms with Crippen molar-refractivity contribution in [1.29, 1.82) is 0 Å². The van der Waals surface area contributed by atoms with Crippen LogP contribution in [0, 0.1) is 0 Å². The number of ether oxygens (including phenoxy) is 1. The van der Waals surface area contributed by atoms with E-state index in [1.165, 1.54) is 30.1 Å². The molecule has 0 saturated heterocycles. The molecule has 0 aromatic heterocycles. The minimum atomic E-state index is 0.956. The molecule has 62 valence electrons. The van der Waals surface area contributed by atoms with Crippen LogP contribution in [0.2, 0.25) is 0 Å². The van der Waals surface area contributed by atoms with Crippen LogP contribution in [0.5, 0.6) is 0 Å². The molecule has 0 aromatic carbocycles. The van der Waals surface area contributed by atoms with Gasteiger partial charge in [0.05, 0.1) is 0 Å². The van der Waals surface area contributed by atoms with Gasteiger partial charge in [-0.1, -0.05) is 35.9 Å². The van der Waals surface area contributed by atoms with Crippen LogP contribution in [-0.2, 0) is 4.74 Å². The molecule has 0 unspecified atom stereocenters. The lowest BCUT2D eigenvalue weighted by Crippen LogP contribution is -1.96. The lowest BCUT2D eigenvalue weighted by atomic mass is 10.3. The quantitative estimate of drug-likeness (QED) is 0.386. The van der Waals surface area contributed by atoms with Gasteiger partial charge in [0.25, 0.3) is 0 Å². The summed E-state index contributed by atoms with van der Waals surface area (Å²) in [5.74, 6) is 0. The van der Waals surface area contributed by atoms with Gasteiger partial charge in [-0.15, -0.1) is 0 Å². The third kappa shape index (κ3) is 8.69. The highest BCUT2D eigenvalue weighted by Crippen LogP contribution is 1.95. The van der Waals surface area contributed by atoms with Gasteiger partial charge >= 0.3 is 0 Å². The number of halogens is 1. The van der Waals surface area contributed by atoms with Gasteiger partial charge in [-0.05, 0) is 23.7 Å². The zero-order valence-electron chi connectivity index (χ0n) is 6.74. The molecule has 10 heavy (non-hydrogen) atoms. The molecule has 0 aliphatic rings. The van der Waals surface area contributed by atoms with E-state index in [4.69, 9.17) is 4.74 Å². The molecule has 0 spiro atoms. The Bertz CT molecular complexity index is 49.2. The van der Waals surface area contributed by atoms with Crippen molar-refractivity contribution in [2.24, 2.45) is 0 Å². The molecule has 2 heteroatoms. The Morgan fingerprint density at radius 1 is 1.10 bits per heavy atom. The van der Waals surface area contributed by atoms with E-state index in [0.717, 1.165) is 13.2 Å². The molecular formula is C8H17IO. The van der Waals surface area contributed by atoms with E-state index in [1.807, 2.05) is 0 Å². The minimum Gasteiger partial charge on any atom is -0.381 e. The summed E-state index contributed by atoms with van der Waals surface area (Å²) in [6.45, 7) is 4.11. The topological polar surface area (TPSA) is 9.23 Å². The number of unbranched alkanes of at least 4 members (excludes halogenated alkanes) is 2. The zero-order valence-corrected chi connectivity index (χ0v) is 8.89. The second-order valence-corrected chi connectivity index (χ2v) is 3.44. The maximum Gasteiger partial charge on any atom is 0.0466 e. The van der Waals surface area contributed by atoms with Crippen molar-refractivity contribution in [2.75, 3.05) is 17.6 Å². The highest BCUT2D eigenvalue weighted by Gasteiger charge is 1.86. The summed E-state index contributed by atoms with van der Waals surface area (Å²) < 4.78 is 6.63. The van der Waals surface area contributed by atoms with E-state index in [9.17, 15) is 0 Å². The fourth-order valence-electron chi connectivity index (χ4n) is 0.647. The fraction of sp³-hybridized carbons (Fsp3) is 1.00. The van der Waals surface area contributed by atoms with Gasteiger partial charge in [0.1, 0.15) is 0 Å². The molecule has 0 heterocycles. The van der Waals surface area contributed by atoms with Crippen LogP contribution in [-0.4, -0.2) is 17.6 Å². The Balaban J connectivity index is 2.65. The highest BCUT2D eigenvalue weighted by molar-refractivity contribution is 14.1. The molecule has 0 radical (unpaired) electrons. The Kier molecular flexibility index (Phi) is 10.4. The average Bonchev–Trinajstić information content (AvgIpc) is 1.97. The van der Waals surface area contributed by atoms with Crippen molar-refractivity contribution in [2.45, 2.75) is 32.6 Å². The number of rotatable bonds is 7. The zero-order chi connectivity index (χ0) is 7.66.